The minimum Gasteiger partial charge on any atom is -0.483 e. The molecule has 2 aromatic carbocycles. The van der Waals surface area contributed by atoms with E-state index in [0.29, 0.717) is 17.9 Å². The third-order valence-corrected chi connectivity index (χ3v) is 5.26. The molecule has 4 aromatic rings. The van der Waals surface area contributed by atoms with E-state index in [4.69, 9.17) is 4.74 Å². The highest BCUT2D eigenvalue weighted by Gasteiger charge is 2.13. The summed E-state index contributed by atoms with van der Waals surface area (Å²) in [6.45, 7) is 3.56. The molecule has 0 radical (unpaired) electrons. The number of hydrogen-bond acceptors (Lipinski definition) is 6. The molecular formula is C24H24N6O3. The Kier molecular flexibility index (Phi) is 6.58. The van der Waals surface area contributed by atoms with Gasteiger partial charge in [-0.25, -0.2) is 9.50 Å². The summed E-state index contributed by atoms with van der Waals surface area (Å²) in [6, 6.07) is 17.3. The molecule has 9 nitrogen and oxygen atoms in total. The molecule has 33 heavy (non-hydrogen) atoms. The summed E-state index contributed by atoms with van der Waals surface area (Å²) in [4.78, 5) is 32.9. The third-order valence-electron chi connectivity index (χ3n) is 5.26. The standard InChI is InChI=1S/C24H24N6O3/c1-16-19(17(2)30-24(27-16)25-15-26-30)12-13-22(31)28-29-23(32)14-33-21-11-7-6-10-20(21)18-8-4-3-5-9-18/h3-11,15H,12-14H2,1-2H3,(H,28,31)(H,29,32). The molecule has 0 aliphatic rings. The zero-order valence-electron chi connectivity index (χ0n) is 18.4. The number of hydrazine groups is 1. The van der Waals surface area contributed by atoms with Crippen LogP contribution in [-0.2, 0) is 16.0 Å². The number of carbonyl (C=O) groups is 2. The summed E-state index contributed by atoms with van der Waals surface area (Å²) in [6.07, 6.45) is 2.09. The van der Waals surface area contributed by atoms with Gasteiger partial charge >= 0.3 is 0 Å². The van der Waals surface area contributed by atoms with Gasteiger partial charge in [0.2, 0.25) is 5.91 Å². The Balaban J connectivity index is 1.28. The number of aryl methyl sites for hydroxylation is 2. The normalized spacial score (nSPS) is 10.7. The number of para-hydroxylation sites is 1. The van der Waals surface area contributed by atoms with Crippen LogP contribution in [-0.4, -0.2) is 38.0 Å². The predicted molar refractivity (Wildman–Crippen MR) is 122 cm³/mol. The Labute approximate surface area is 190 Å². The Morgan fingerprint density at radius 3 is 2.52 bits per heavy atom. The van der Waals surface area contributed by atoms with Crippen LogP contribution in [0.3, 0.4) is 0 Å². The fraction of sp³-hybridized carbons (Fsp3) is 0.208. The molecule has 9 heteroatoms. The largest absolute Gasteiger partial charge is 0.483 e. The highest BCUT2D eigenvalue weighted by atomic mass is 16.5. The Morgan fingerprint density at radius 2 is 1.70 bits per heavy atom. The first-order valence-electron chi connectivity index (χ1n) is 10.5. The lowest BCUT2D eigenvalue weighted by Crippen LogP contribution is -2.44. The first-order valence-corrected chi connectivity index (χ1v) is 10.5. The van der Waals surface area contributed by atoms with Crippen LogP contribution < -0.4 is 15.6 Å². The number of nitrogens with zero attached hydrogens (tertiary/aromatic N) is 4. The molecule has 0 saturated heterocycles. The van der Waals surface area contributed by atoms with E-state index in [1.807, 2.05) is 62.4 Å². The summed E-state index contributed by atoms with van der Waals surface area (Å²) >= 11 is 0. The number of carbonyl (C=O) groups excluding carboxylic acids is 2. The Bertz CT molecular complexity index is 1290. The van der Waals surface area contributed by atoms with Crippen molar-refractivity contribution in [3.63, 3.8) is 0 Å². The van der Waals surface area contributed by atoms with E-state index in [0.717, 1.165) is 28.1 Å². The van der Waals surface area contributed by atoms with Crippen molar-refractivity contribution < 1.29 is 14.3 Å². The van der Waals surface area contributed by atoms with E-state index in [9.17, 15) is 9.59 Å². The molecular weight excluding hydrogens is 420 g/mol. The van der Waals surface area contributed by atoms with Crippen LogP contribution in [0.1, 0.15) is 23.4 Å². The van der Waals surface area contributed by atoms with Crippen LogP contribution in [0.15, 0.2) is 60.9 Å². The van der Waals surface area contributed by atoms with Crippen molar-refractivity contribution in [2.45, 2.75) is 26.7 Å². The van der Waals surface area contributed by atoms with Crippen LogP contribution in [0, 0.1) is 13.8 Å². The maximum absolute atomic E-state index is 12.2. The lowest BCUT2D eigenvalue weighted by molar-refractivity contribution is -0.130. The van der Waals surface area contributed by atoms with Crippen LogP contribution in [0.4, 0.5) is 0 Å². The van der Waals surface area contributed by atoms with Gasteiger partial charge in [0.25, 0.3) is 11.7 Å². The number of hydrogen-bond donors (Lipinski definition) is 2. The van der Waals surface area contributed by atoms with Crippen LogP contribution in [0.2, 0.25) is 0 Å². The summed E-state index contributed by atoms with van der Waals surface area (Å²) < 4.78 is 7.34. The highest BCUT2D eigenvalue weighted by Crippen LogP contribution is 2.29. The molecule has 2 amide bonds. The van der Waals surface area contributed by atoms with Gasteiger partial charge in [-0.05, 0) is 37.5 Å². The van der Waals surface area contributed by atoms with E-state index in [-0.39, 0.29) is 18.9 Å². The van der Waals surface area contributed by atoms with Gasteiger partial charge in [0.05, 0.1) is 0 Å². The summed E-state index contributed by atoms with van der Waals surface area (Å²) in [5.41, 5.74) is 9.32. The molecule has 2 aromatic heterocycles. The van der Waals surface area contributed by atoms with Crippen LogP contribution >= 0.6 is 0 Å². The summed E-state index contributed by atoms with van der Waals surface area (Å²) in [7, 11) is 0. The minimum absolute atomic E-state index is 0.182. The van der Waals surface area contributed by atoms with E-state index in [1.54, 1.807) is 10.6 Å². The second kappa shape index (κ2) is 9.90. The molecule has 4 rings (SSSR count). The fourth-order valence-electron chi connectivity index (χ4n) is 3.59. The molecule has 2 N–H and O–H groups in total. The topological polar surface area (TPSA) is 111 Å². The zero-order valence-corrected chi connectivity index (χ0v) is 18.4. The third kappa shape index (κ3) is 5.15. The van der Waals surface area contributed by atoms with Gasteiger partial charge in [-0.2, -0.15) is 10.1 Å². The molecule has 2 heterocycles. The number of rotatable bonds is 7. The average Bonchev–Trinajstić information content (AvgIpc) is 3.30. The van der Waals surface area contributed by atoms with Crippen molar-refractivity contribution in [3.8, 4) is 16.9 Å². The zero-order chi connectivity index (χ0) is 23.2. The quantitative estimate of drug-likeness (QED) is 0.424. The SMILES string of the molecule is Cc1nc2ncnn2c(C)c1CCC(=O)NNC(=O)COc1ccccc1-c1ccccc1. The number of ether oxygens (including phenoxy) is 1. The summed E-state index contributed by atoms with van der Waals surface area (Å²) in [5.74, 6) is 0.348. The number of benzene rings is 2. The molecule has 168 valence electrons. The van der Waals surface area contributed by atoms with Gasteiger partial charge in [0.15, 0.2) is 6.61 Å². The van der Waals surface area contributed by atoms with E-state index < -0.39 is 5.91 Å². The lowest BCUT2D eigenvalue weighted by Gasteiger charge is -2.13. The maximum atomic E-state index is 12.2. The van der Waals surface area contributed by atoms with E-state index >= 15 is 0 Å². The van der Waals surface area contributed by atoms with E-state index in [1.165, 1.54) is 6.33 Å². The Morgan fingerprint density at radius 1 is 0.970 bits per heavy atom. The highest BCUT2D eigenvalue weighted by molar-refractivity contribution is 5.83. The van der Waals surface area contributed by atoms with Gasteiger partial charge in [-0.1, -0.05) is 48.5 Å². The predicted octanol–water partition coefficient (Wildman–Crippen LogP) is 2.57. The van der Waals surface area contributed by atoms with Crippen molar-refractivity contribution in [1.29, 1.82) is 0 Å². The average molecular weight is 444 g/mol. The lowest BCUT2D eigenvalue weighted by atomic mass is 10.1. The number of fused-ring (bicyclic) bond motifs is 1. The number of amides is 2. The Hall–Kier alpha value is -4.27. The second-order valence-corrected chi connectivity index (χ2v) is 7.48. The fourth-order valence-corrected chi connectivity index (χ4v) is 3.59. The first kappa shape index (κ1) is 21.9. The van der Waals surface area contributed by atoms with Gasteiger partial charge in [0, 0.05) is 23.4 Å². The molecule has 0 aliphatic carbocycles. The first-order chi connectivity index (χ1) is 16.0. The summed E-state index contributed by atoms with van der Waals surface area (Å²) in [5, 5.41) is 4.15. The van der Waals surface area contributed by atoms with Gasteiger partial charge in [-0.15, -0.1) is 0 Å². The van der Waals surface area contributed by atoms with E-state index in [2.05, 4.69) is 25.9 Å². The van der Waals surface area contributed by atoms with Crippen LogP contribution in [0.25, 0.3) is 16.9 Å². The number of nitrogens with one attached hydrogen (secondary N) is 2. The van der Waals surface area contributed by atoms with Crippen molar-refractivity contribution >= 4 is 17.6 Å². The molecule has 0 atom stereocenters. The maximum Gasteiger partial charge on any atom is 0.276 e. The van der Waals surface area contributed by atoms with Crippen molar-refractivity contribution in [1.82, 2.24) is 30.4 Å². The van der Waals surface area contributed by atoms with Gasteiger partial charge in [0.1, 0.15) is 12.1 Å². The monoisotopic (exact) mass is 444 g/mol. The smallest absolute Gasteiger partial charge is 0.276 e. The van der Waals surface area contributed by atoms with Crippen molar-refractivity contribution in [3.05, 3.63) is 77.9 Å². The van der Waals surface area contributed by atoms with Gasteiger partial charge < -0.3 is 4.74 Å². The molecule has 0 spiro atoms. The molecule has 0 fully saturated rings. The van der Waals surface area contributed by atoms with Crippen molar-refractivity contribution in [2.24, 2.45) is 0 Å². The number of aromatic nitrogens is 4. The molecule has 0 saturated carbocycles. The van der Waals surface area contributed by atoms with Crippen molar-refractivity contribution in [2.75, 3.05) is 6.61 Å². The van der Waals surface area contributed by atoms with Gasteiger partial charge in [-0.3, -0.25) is 20.4 Å². The second-order valence-electron chi connectivity index (χ2n) is 7.48. The molecule has 0 bridgehead atoms. The molecule has 0 aliphatic heterocycles. The molecule has 0 unspecified atom stereocenters. The van der Waals surface area contributed by atoms with Crippen LogP contribution in [0.5, 0.6) is 5.75 Å². The minimum atomic E-state index is -0.454.